The standard InChI is InChI=1S/C18H20ClNO5S/c19-26(22,23)14-17(13-24-11-15-7-3-1-4-8-15)20-18(21)25-12-16-9-5-2-6-10-16/h1-10,17H,11-14H2,(H,20,21). The van der Waals surface area contributed by atoms with Crippen LogP contribution >= 0.6 is 10.7 Å². The summed E-state index contributed by atoms with van der Waals surface area (Å²) in [5.74, 6) is -0.455. The van der Waals surface area contributed by atoms with Gasteiger partial charge in [-0.2, -0.15) is 0 Å². The molecule has 1 amide bonds. The van der Waals surface area contributed by atoms with Gasteiger partial charge in [-0.05, 0) is 11.1 Å². The van der Waals surface area contributed by atoms with Crippen molar-refractivity contribution in [2.75, 3.05) is 12.4 Å². The van der Waals surface area contributed by atoms with Crippen molar-refractivity contribution in [3.8, 4) is 0 Å². The fourth-order valence-corrected chi connectivity index (χ4v) is 3.31. The minimum atomic E-state index is -3.81. The first kappa shape index (κ1) is 20.2. The third-order valence-corrected chi connectivity index (χ3v) is 4.54. The van der Waals surface area contributed by atoms with E-state index < -0.39 is 26.9 Å². The summed E-state index contributed by atoms with van der Waals surface area (Å²) in [5.41, 5.74) is 1.76. The van der Waals surface area contributed by atoms with E-state index >= 15 is 0 Å². The quantitative estimate of drug-likeness (QED) is 0.657. The van der Waals surface area contributed by atoms with Crippen molar-refractivity contribution in [1.82, 2.24) is 5.32 Å². The molecule has 0 bridgehead atoms. The third-order valence-electron chi connectivity index (χ3n) is 3.37. The average molecular weight is 398 g/mol. The van der Waals surface area contributed by atoms with Gasteiger partial charge in [0.1, 0.15) is 6.61 Å². The molecule has 0 aliphatic heterocycles. The Morgan fingerprint density at radius 1 is 0.962 bits per heavy atom. The van der Waals surface area contributed by atoms with Gasteiger partial charge < -0.3 is 14.8 Å². The van der Waals surface area contributed by atoms with Gasteiger partial charge in [0.05, 0.1) is 25.0 Å². The summed E-state index contributed by atoms with van der Waals surface area (Å²) < 4.78 is 33.3. The molecule has 0 heterocycles. The normalized spacial score (nSPS) is 12.3. The molecule has 0 fully saturated rings. The Morgan fingerprint density at radius 3 is 2.04 bits per heavy atom. The van der Waals surface area contributed by atoms with Gasteiger partial charge in [0.15, 0.2) is 0 Å². The molecule has 0 saturated heterocycles. The number of nitrogens with one attached hydrogen (secondary N) is 1. The van der Waals surface area contributed by atoms with Gasteiger partial charge in [0.2, 0.25) is 9.05 Å². The molecule has 140 valence electrons. The summed E-state index contributed by atoms with van der Waals surface area (Å²) in [4.78, 5) is 11.9. The Balaban J connectivity index is 1.84. The number of halogens is 1. The maximum atomic E-state index is 11.9. The van der Waals surface area contributed by atoms with Gasteiger partial charge in [0.25, 0.3) is 0 Å². The summed E-state index contributed by atoms with van der Waals surface area (Å²) in [6.07, 6.45) is -0.734. The molecular formula is C18H20ClNO5S. The number of benzene rings is 2. The van der Waals surface area contributed by atoms with Crippen LogP contribution < -0.4 is 5.32 Å². The van der Waals surface area contributed by atoms with E-state index in [0.717, 1.165) is 11.1 Å². The molecule has 0 radical (unpaired) electrons. The summed E-state index contributed by atoms with van der Waals surface area (Å²) >= 11 is 0. The second-order valence-corrected chi connectivity index (χ2v) is 8.43. The van der Waals surface area contributed by atoms with Crippen LogP contribution in [0.4, 0.5) is 4.79 Å². The number of hydrogen-bond acceptors (Lipinski definition) is 5. The number of hydrogen-bond donors (Lipinski definition) is 1. The van der Waals surface area contributed by atoms with Crippen molar-refractivity contribution in [3.63, 3.8) is 0 Å². The van der Waals surface area contributed by atoms with E-state index in [0.29, 0.717) is 6.61 Å². The largest absolute Gasteiger partial charge is 0.445 e. The third kappa shape index (κ3) is 8.33. The maximum absolute atomic E-state index is 11.9. The highest BCUT2D eigenvalue weighted by Gasteiger charge is 2.20. The SMILES string of the molecule is O=C(NC(COCc1ccccc1)CS(=O)(=O)Cl)OCc1ccccc1. The highest BCUT2D eigenvalue weighted by Crippen LogP contribution is 2.06. The van der Waals surface area contributed by atoms with Crippen LogP contribution in [-0.2, 0) is 31.7 Å². The smallest absolute Gasteiger partial charge is 0.407 e. The second-order valence-electron chi connectivity index (χ2n) is 5.61. The number of carbonyl (C=O) groups excluding carboxylic acids is 1. The van der Waals surface area contributed by atoms with E-state index in [4.69, 9.17) is 20.2 Å². The van der Waals surface area contributed by atoms with Crippen LogP contribution in [0.5, 0.6) is 0 Å². The Bertz CT molecular complexity index is 784. The van der Waals surface area contributed by atoms with Gasteiger partial charge in [-0.25, -0.2) is 13.2 Å². The van der Waals surface area contributed by atoms with Crippen molar-refractivity contribution in [3.05, 3.63) is 71.8 Å². The lowest BCUT2D eigenvalue weighted by molar-refractivity contribution is 0.0934. The minimum Gasteiger partial charge on any atom is -0.445 e. The molecule has 0 aliphatic carbocycles. The zero-order valence-corrected chi connectivity index (χ0v) is 15.6. The van der Waals surface area contributed by atoms with Gasteiger partial charge in [-0.3, -0.25) is 0 Å². The first-order valence-electron chi connectivity index (χ1n) is 7.93. The Morgan fingerprint density at radius 2 is 1.50 bits per heavy atom. The highest BCUT2D eigenvalue weighted by atomic mass is 35.7. The lowest BCUT2D eigenvalue weighted by Crippen LogP contribution is -2.42. The van der Waals surface area contributed by atoms with E-state index in [2.05, 4.69) is 5.32 Å². The summed E-state index contributed by atoms with van der Waals surface area (Å²) in [6.45, 7) is 0.361. The second kappa shape index (κ2) is 10.2. The van der Waals surface area contributed by atoms with Gasteiger partial charge in [-0.15, -0.1) is 0 Å². The molecule has 0 spiro atoms. The number of ether oxygens (including phenoxy) is 2. The first-order valence-corrected chi connectivity index (χ1v) is 10.4. The Labute approximate surface area is 157 Å². The maximum Gasteiger partial charge on any atom is 0.407 e. The zero-order valence-electron chi connectivity index (χ0n) is 14.0. The highest BCUT2D eigenvalue weighted by molar-refractivity contribution is 8.13. The fraction of sp³-hybridized carbons (Fsp3) is 0.278. The molecule has 2 aromatic rings. The number of amides is 1. The van der Waals surface area contributed by atoms with Crippen LogP contribution in [-0.4, -0.2) is 32.9 Å². The zero-order chi connectivity index (χ0) is 18.8. The monoisotopic (exact) mass is 397 g/mol. The van der Waals surface area contributed by atoms with E-state index in [1.54, 1.807) is 0 Å². The molecule has 1 unspecified atom stereocenters. The summed E-state index contributed by atoms with van der Waals surface area (Å²) in [5, 5.41) is 2.48. The van der Waals surface area contributed by atoms with E-state index in [1.165, 1.54) is 0 Å². The molecule has 26 heavy (non-hydrogen) atoms. The lowest BCUT2D eigenvalue weighted by Gasteiger charge is -2.17. The van der Waals surface area contributed by atoms with Crippen molar-refractivity contribution in [1.29, 1.82) is 0 Å². The van der Waals surface area contributed by atoms with Gasteiger partial charge in [-0.1, -0.05) is 60.7 Å². The predicted molar refractivity (Wildman–Crippen MR) is 99.3 cm³/mol. The van der Waals surface area contributed by atoms with E-state index in [9.17, 15) is 13.2 Å². The summed E-state index contributed by atoms with van der Waals surface area (Å²) in [7, 11) is 1.50. The molecule has 8 heteroatoms. The minimum absolute atomic E-state index is 0.0126. The molecule has 1 atom stereocenters. The van der Waals surface area contributed by atoms with Crippen LogP contribution in [0.2, 0.25) is 0 Å². The van der Waals surface area contributed by atoms with E-state index in [-0.39, 0.29) is 13.2 Å². The lowest BCUT2D eigenvalue weighted by atomic mass is 10.2. The predicted octanol–water partition coefficient (Wildman–Crippen LogP) is 3.07. The molecule has 0 aliphatic rings. The Kier molecular flexibility index (Phi) is 7.90. The molecule has 0 saturated carbocycles. The van der Waals surface area contributed by atoms with Crippen LogP contribution in [0.25, 0.3) is 0 Å². The molecule has 2 aromatic carbocycles. The van der Waals surface area contributed by atoms with Gasteiger partial charge >= 0.3 is 6.09 Å². The molecule has 0 aromatic heterocycles. The topological polar surface area (TPSA) is 81.7 Å². The molecule has 2 rings (SSSR count). The fourth-order valence-electron chi connectivity index (χ4n) is 2.20. The van der Waals surface area contributed by atoms with Crippen molar-refractivity contribution in [2.24, 2.45) is 0 Å². The summed E-state index contributed by atoms with van der Waals surface area (Å²) in [6, 6.07) is 17.7. The van der Waals surface area contributed by atoms with E-state index in [1.807, 2.05) is 60.7 Å². The van der Waals surface area contributed by atoms with Crippen molar-refractivity contribution >= 4 is 25.8 Å². The van der Waals surface area contributed by atoms with Crippen LogP contribution in [0.1, 0.15) is 11.1 Å². The van der Waals surface area contributed by atoms with Crippen LogP contribution in [0.15, 0.2) is 60.7 Å². The van der Waals surface area contributed by atoms with Crippen molar-refractivity contribution < 1.29 is 22.7 Å². The van der Waals surface area contributed by atoms with Crippen LogP contribution in [0.3, 0.4) is 0 Å². The van der Waals surface area contributed by atoms with Crippen LogP contribution in [0, 0.1) is 0 Å². The van der Waals surface area contributed by atoms with Crippen molar-refractivity contribution in [2.45, 2.75) is 19.3 Å². The Hall–Kier alpha value is -2.09. The molecule has 1 N–H and O–H groups in total. The first-order chi connectivity index (χ1) is 12.4. The van der Waals surface area contributed by atoms with Gasteiger partial charge in [0, 0.05) is 10.7 Å². The number of alkyl carbamates (subject to hydrolysis) is 1. The number of carbonyl (C=O) groups is 1. The molecular weight excluding hydrogens is 378 g/mol. The average Bonchev–Trinajstić information content (AvgIpc) is 2.60. The number of rotatable bonds is 9. The molecule has 6 nitrogen and oxygen atoms in total.